The summed E-state index contributed by atoms with van der Waals surface area (Å²) in [6.07, 6.45) is 4.05. The van der Waals surface area contributed by atoms with Crippen molar-refractivity contribution in [3.63, 3.8) is 0 Å². The van der Waals surface area contributed by atoms with E-state index in [4.69, 9.17) is 14.5 Å². The van der Waals surface area contributed by atoms with Crippen LogP contribution in [0.1, 0.15) is 24.6 Å². The molecule has 102 valence electrons. The average molecular weight is 261 g/mol. The van der Waals surface area contributed by atoms with Crippen molar-refractivity contribution in [3.8, 4) is 0 Å². The zero-order valence-corrected chi connectivity index (χ0v) is 11.2. The summed E-state index contributed by atoms with van der Waals surface area (Å²) in [7, 11) is 1.72. The number of hydrogen-bond donors (Lipinski definition) is 0. The topological polar surface area (TPSA) is 49.2 Å². The molecule has 19 heavy (non-hydrogen) atoms. The molecule has 1 aliphatic rings. The van der Waals surface area contributed by atoms with E-state index in [1.54, 1.807) is 7.11 Å². The van der Waals surface area contributed by atoms with Crippen molar-refractivity contribution in [1.82, 2.24) is 14.5 Å². The Bertz CT molecular complexity index is 547. The number of nitrogens with zero attached hydrogens (tertiary/aromatic N) is 3. The summed E-state index contributed by atoms with van der Waals surface area (Å²) in [5.41, 5.74) is 1.90. The smallest absolute Gasteiger partial charge is 0.160 e. The Balaban J connectivity index is 2.00. The van der Waals surface area contributed by atoms with E-state index in [-0.39, 0.29) is 0 Å². The number of fused-ring (bicyclic) bond motifs is 1. The summed E-state index contributed by atoms with van der Waals surface area (Å²) in [6.45, 7) is 3.09. The highest BCUT2D eigenvalue weighted by Gasteiger charge is 2.23. The summed E-state index contributed by atoms with van der Waals surface area (Å²) in [5, 5.41) is 0. The van der Waals surface area contributed by atoms with Crippen molar-refractivity contribution in [2.24, 2.45) is 0 Å². The Labute approximate surface area is 112 Å². The molecule has 0 bridgehead atoms. The monoisotopic (exact) mass is 261 g/mol. The maximum atomic E-state index is 5.59. The lowest BCUT2D eigenvalue weighted by atomic mass is 10.0. The number of aromatic nitrogens is 3. The Hall–Kier alpha value is -1.46. The third kappa shape index (κ3) is 2.48. The Kier molecular flexibility index (Phi) is 3.75. The highest BCUT2D eigenvalue weighted by Crippen LogP contribution is 2.27. The minimum atomic E-state index is 0.375. The van der Waals surface area contributed by atoms with Gasteiger partial charge in [-0.3, -0.25) is 0 Å². The first kappa shape index (κ1) is 12.6. The van der Waals surface area contributed by atoms with Crippen LogP contribution in [0.3, 0.4) is 0 Å². The fourth-order valence-electron chi connectivity index (χ4n) is 2.64. The van der Waals surface area contributed by atoms with Crippen LogP contribution in [0.25, 0.3) is 11.2 Å². The first-order valence-electron chi connectivity index (χ1n) is 6.78. The molecule has 0 N–H and O–H groups in total. The molecule has 0 spiro atoms. The predicted molar refractivity (Wildman–Crippen MR) is 72.2 cm³/mol. The molecule has 1 fully saturated rings. The van der Waals surface area contributed by atoms with Crippen LogP contribution in [0, 0.1) is 0 Å². The van der Waals surface area contributed by atoms with E-state index < -0.39 is 0 Å². The van der Waals surface area contributed by atoms with Crippen LogP contribution in [0.5, 0.6) is 0 Å². The number of imidazole rings is 1. The van der Waals surface area contributed by atoms with E-state index in [1.807, 2.05) is 18.3 Å². The lowest BCUT2D eigenvalue weighted by Gasteiger charge is -2.22. The maximum Gasteiger partial charge on any atom is 0.160 e. The molecule has 2 aromatic heterocycles. The first-order chi connectivity index (χ1) is 9.40. The predicted octanol–water partition coefficient (Wildman–Crippen LogP) is 1.97. The van der Waals surface area contributed by atoms with Gasteiger partial charge in [-0.15, -0.1) is 0 Å². The van der Waals surface area contributed by atoms with Crippen LogP contribution in [0.15, 0.2) is 18.3 Å². The summed E-state index contributed by atoms with van der Waals surface area (Å²) in [5.74, 6) is 1.46. The van der Waals surface area contributed by atoms with Crippen LogP contribution >= 0.6 is 0 Å². The zero-order valence-electron chi connectivity index (χ0n) is 11.2. The van der Waals surface area contributed by atoms with Crippen LogP contribution in [0.4, 0.5) is 0 Å². The Morgan fingerprint density at radius 2 is 2.47 bits per heavy atom. The van der Waals surface area contributed by atoms with Crippen molar-refractivity contribution < 1.29 is 9.47 Å². The zero-order chi connectivity index (χ0) is 13.1. The van der Waals surface area contributed by atoms with Gasteiger partial charge in [-0.25, -0.2) is 9.97 Å². The van der Waals surface area contributed by atoms with Crippen molar-refractivity contribution in [1.29, 1.82) is 0 Å². The first-order valence-corrected chi connectivity index (χ1v) is 6.78. The van der Waals surface area contributed by atoms with Gasteiger partial charge in [0.1, 0.15) is 11.3 Å². The second-order valence-electron chi connectivity index (χ2n) is 4.87. The number of hydrogen-bond acceptors (Lipinski definition) is 4. The van der Waals surface area contributed by atoms with E-state index >= 15 is 0 Å². The van der Waals surface area contributed by atoms with Crippen molar-refractivity contribution in [3.05, 3.63) is 24.2 Å². The number of pyridine rings is 1. The Morgan fingerprint density at radius 3 is 3.26 bits per heavy atom. The molecule has 0 aliphatic carbocycles. The van der Waals surface area contributed by atoms with Gasteiger partial charge in [-0.2, -0.15) is 0 Å². The largest absolute Gasteiger partial charge is 0.383 e. The summed E-state index contributed by atoms with van der Waals surface area (Å²) in [6, 6.07) is 3.94. The van der Waals surface area contributed by atoms with E-state index in [2.05, 4.69) is 9.55 Å². The van der Waals surface area contributed by atoms with Crippen LogP contribution < -0.4 is 0 Å². The number of ether oxygens (including phenoxy) is 2. The molecule has 1 unspecified atom stereocenters. The Morgan fingerprint density at radius 1 is 1.53 bits per heavy atom. The van der Waals surface area contributed by atoms with Crippen LogP contribution in [-0.2, 0) is 16.0 Å². The van der Waals surface area contributed by atoms with E-state index in [0.717, 1.165) is 49.6 Å². The van der Waals surface area contributed by atoms with Gasteiger partial charge >= 0.3 is 0 Å². The maximum absolute atomic E-state index is 5.59. The van der Waals surface area contributed by atoms with Crippen LogP contribution in [-0.4, -0.2) is 41.5 Å². The molecule has 1 aliphatic heterocycles. The fourth-order valence-corrected chi connectivity index (χ4v) is 2.64. The van der Waals surface area contributed by atoms with Crippen molar-refractivity contribution in [2.75, 3.05) is 26.9 Å². The highest BCUT2D eigenvalue weighted by atomic mass is 16.5. The molecule has 5 nitrogen and oxygen atoms in total. The summed E-state index contributed by atoms with van der Waals surface area (Å²) < 4.78 is 13.0. The van der Waals surface area contributed by atoms with E-state index in [1.165, 1.54) is 0 Å². The third-order valence-electron chi connectivity index (χ3n) is 3.58. The molecule has 0 saturated carbocycles. The minimum absolute atomic E-state index is 0.375. The molecular weight excluding hydrogens is 242 g/mol. The van der Waals surface area contributed by atoms with Crippen molar-refractivity contribution >= 4 is 11.2 Å². The molecule has 1 atom stereocenters. The summed E-state index contributed by atoms with van der Waals surface area (Å²) >= 11 is 0. The van der Waals surface area contributed by atoms with Gasteiger partial charge in [0.25, 0.3) is 0 Å². The summed E-state index contributed by atoms with van der Waals surface area (Å²) in [4.78, 5) is 9.21. The standard InChI is InChI=1S/C14H19N3O2/c1-18-9-7-17-13(11-4-3-8-19-10-11)16-12-5-2-6-15-14(12)17/h2,5-6,11H,3-4,7-10H2,1H3. The average Bonchev–Trinajstić information content (AvgIpc) is 2.85. The van der Waals surface area contributed by atoms with Gasteiger partial charge in [0.2, 0.25) is 0 Å². The molecule has 2 aromatic rings. The SMILES string of the molecule is COCCn1c(C2CCCOC2)nc2cccnc21. The highest BCUT2D eigenvalue weighted by molar-refractivity contribution is 5.71. The lowest BCUT2D eigenvalue weighted by molar-refractivity contribution is 0.0765. The normalized spacial score (nSPS) is 19.9. The number of rotatable bonds is 4. The molecule has 0 aromatic carbocycles. The van der Waals surface area contributed by atoms with Gasteiger partial charge in [0.15, 0.2) is 5.65 Å². The van der Waals surface area contributed by atoms with Crippen LogP contribution in [0.2, 0.25) is 0 Å². The molecule has 3 rings (SSSR count). The molecule has 5 heteroatoms. The number of methoxy groups -OCH3 is 1. The third-order valence-corrected chi connectivity index (χ3v) is 3.58. The second-order valence-corrected chi connectivity index (χ2v) is 4.87. The molecular formula is C14H19N3O2. The minimum Gasteiger partial charge on any atom is -0.383 e. The van der Waals surface area contributed by atoms with Gasteiger partial charge in [0.05, 0.1) is 13.2 Å². The molecule has 0 radical (unpaired) electrons. The quantitative estimate of drug-likeness (QED) is 0.844. The fraction of sp³-hybridized carbons (Fsp3) is 0.571. The lowest BCUT2D eigenvalue weighted by Crippen LogP contribution is -2.20. The molecule has 3 heterocycles. The van der Waals surface area contributed by atoms with Gasteiger partial charge in [-0.05, 0) is 25.0 Å². The second kappa shape index (κ2) is 5.67. The van der Waals surface area contributed by atoms with Gasteiger partial charge in [0, 0.05) is 32.4 Å². The van der Waals surface area contributed by atoms with Gasteiger partial charge in [-0.1, -0.05) is 0 Å². The van der Waals surface area contributed by atoms with Gasteiger partial charge < -0.3 is 14.0 Å². The van der Waals surface area contributed by atoms with Crippen molar-refractivity contribution in [2.45, 2.75) is 25.3 Å². The van der Waals surface area contributed by atoms with E-state index in [0.29, 0.717) is 12.5 Å². The van der Waals surface area contributed by atoms with E-state index in [9.17, 15) is 0 Å². The molecule has 1 saturated heterocycles. The molecule has 0 amide bonds.